The molecule has 1 rings (SSSR count). The third-order valence-corrected chi connectivity index (χ3v) is 1.66. The van der Waals surface area contributed by atoms with Crippen molar-refractivity contribution in [2.75, 3.05) is 11.9 Å². The van der Waals surface area contributed by atoms with E-state index in [0.717, 1.165) is 0 Å². The Bertz CT molecular complexity index is 479. The molecule has 1 aromatic heterocycles. The molecule has 0 aliphatic heterocycles. The summed E-state index contributed by atoms with van der Waals surface area (Å²) in [5.41, 5.74) is 4.27. The molecule has 82 valence electrons. The van der Waals surface area contributed by atoms with Crippen LogP contribution in [0.2, 0.25) is 0 Å². The lowest BCUT2D eigenvalue weighted by Crippen LogP contribution is -2.22. The normalized spacial score (nSPS) is 9.19. The first-order chi connectivity index (χ1) is 7.56. The molecule has 0 saturated heterocycles. The van der Waals surface area contributed by atoms with Gasteiger partial charge in [0.05, 0.1) is 11.5 Å². The van der Waals surface area contributed by atoms with Crippen molar-refractivity contribution >= 4 is 17.4 Å². The van der Waals surface area contributed by atoms with Crippen LogP contribution in [0.5, 0.6) is 0 Å². The van der Waals surface area contributed by atoms with Crippen molar-refractivity contribution in [3.05, 3.63) is 27.9 Å². The van der Waals surface area contributed by atoms with Gasteiger partial charge in [0.2, 0.25) is 11.7 Å². The Morgan fingerprint density at radius 1 is 1.75 bits per heavy atom. The van der Waals surface area contributed by atoms with Crippen molar-refractivity contribution in [1.82, 2.24) is 4.98 Å². The van der Waals surface area contributed by atoms with Crippen LogP contribution in [0.15, 0.2) is 12.3 Å². The van der Waals surface area contributed by atoms with Gasteiger partial charge in [0.25, 0.3) is 0 Å². The highest BCUT2D eigenvalue weighted by atomic mass is 16.6. The number of carbonyl (C=O) groups is 1. The first kappa shape index (κ1) is 11.4. The summed E-state index contributed by atoms with van der Waals surface area (Å²) in [5.74, 6) is -0.832. The molecule has 1 aromatic rings. The number of nitrogens with two attached hydrogens (primary N) is 1. The Labute approximate surface area is 89.8 Å². The van der Waals surface area contributed by atoms with Gasteiger partial charge in [-0.1, -0.05) is 0 Å². The van der Waals surface area contributed by atoms with Crippen molar-refractivity contribution in [2.24, 2.45) is 5.73 Å². The van der Waals surface area contributed by atoms with Crippen molar-refractivity contribution < 1.29 is 9.72 Å². The molecule has 16 heavy (non-hydrogen) atoms. The fourth-order valence-corrected chi connectivity index (χ4v) is 1.03. The van der Waals surface area contributed by atoms with Crippen LogP contribution in [-0.4, -0.2) is 22.4 Å². The Kier molecular flexibility index (Phi) is 3.34. The number of nitriles is 1. The maximum absolute atomic E-state index is 10.7. The first-order valence-electron chi connectivity index (χ1n) is 4.12. The van der Waals surface area contributed by atoms with E-state index in [9.17, 15) is 14.9 Å². The Hall–Kier alpha value is -2.69. The van der Waals surface area contributed by atoms with Gasteiger partial charge in [-0.25, -0.2) is 4.98 Å². The number of hydrogen-bond donors (Lipinski definition) is 2. The van der Waals surface area contributed by atoms with Crippen LogP contribution in [0.3, 0.4) is 0 Å². The van der Waals surface area contributed by atoms with E-state index in [4.69, 9.17) is 11.0 Å². The number of anilines is 1. The number of carbonyl (C=O) groups excluding carboxylic acids is 1. The third-order valence-electron chi connectivity index (χ3n) is 1.66. The largest absolute Gasteiger partial charge is 0.368 e. The zero-order valence-electron chi connectivity index (χ0n) is 8.01. The standard InChI is InChI=1S/C8H7N5O3/c9-3-5-1-2-11-8(7(5)13(15)16)12-4-6(10)14/h1-2H,4H2,(H2,10,14)(H,11,12). The smallest absolute Gasteiger partial charge is 0.328 e. The number of aromatic nitrogens is 1. The van der Waals surface area contributed by atoms with Crippen LogP contribution in [0.1, 0.15) is 5.56 Å². The quantitative estimate of drug-likeness (QED) is 0.532. The van der Waals surface area contributed by atoms with Crippen LogP contribution in [0.25, 0.3) is 0 Å². The zero-order chi connectivity index (χ0) is 12.1. The lowest BCUT2D eigenvalue weighted by atomic mass is 10.2. The highest BCUT2D eigenvalue weighted by molar-refractivity contribution is 5.79. The van der Waals surface area contributed by atoms with E-state index in [1.807, 2.05) is 0 Å². The molecule has 0 aliphatic carbocycles. The summed E-state index contributed by atoms with van der Waals surface area (Å²) in [4.78, 5) is 24.1. The van der Waals surface area contributed by atoms with Crippen molar-refractivity contribution in [3.8, 4) is 6.07 Å². The molecule has 0 aromatic carbocycles. The molecule has 1 amide bonds. The molecule has 8 heteroatoms. The second kappa shape index (κ2) is 4.70. The van der Waals surface area contributed by atoms with E-state index < -0.39 is 16.5 Å². The third kappa shape index (κ3) is 2.42. The Morgan fingerprint density at radius 2 is 2.44 bits per heavy atom. The van der Waals surface area contributed by atoms with Gasteiger partial charge in [-0.15, -0.1) is 0 Å². The second-order valence-electron chi connectivity index (χ2n) is 2.74. The Balaban J connectivity index is 3.13. The highest BCUT2D eigenvalue weighted by Crippen LogP contribution is 2.25. The van der Waals surface area contributed by atoms with Crippen LogP contribution in [0.4, 0.5) is 11.5 Å². The summed E-state index contributed by atoms with van der Waals surface area (Å²) in [6.07, 6.45) is 1.23. The van der Waals surface area contributed by atoms with E-state index in [1.54, 1.807) is 6.07 Å². The fourth-order valence-electron chi connectivity index (χ4n) is 1.03. The van der Waals surface area contributed by atoms with Gasteiger partial charge >= 0.3 is 5.69 Å². The number of nitro groups is 1. The molecule has 0 spiro atoms. The van der Waals surface area contributed by atoms with E-state index >= 15 is 0 Å². The molecule has 1 heterocycles. The molecule has 0 aliphatic rings. The lowest BCUT2D eigenvalue weighted by Gasteiger charge is -2.03. The van der Waals surface area contributed by atoms with Gasteiger partial charge in [0, 0.05) is 6.20 Å². The molecule has 8 nitrogen and oxygen atoms in total. The molecule has 0 radical (unpaired) electrons. The maximum atomic E-state index is 10.7. The molecule has 0 fully saturated rings. The van der Waals surface area contributed by atoms with Gasteiger partial charge in [-0.05, 0) is 6.07 Å². The van der Waals surface area contributed by atoms with Gasteiger partial charge in [0.1, 0.15) is 11.6 Å². The monoisotopic (exact) mass is 221 g/mol. The minimum atomic E-state index is -0.741. The number of nitrogens with one attached hydrogen (secondary N) is 1. The molecular weight excluding hydrogens is 214 g/mol. The number of rotatable bonds is 4. The fraction of sp³-hybridized carbons (Fsp3) is 0.125. The predicted molar refractivity (Wildman–Crippen MR) is 53.3 cm³/mol. The van der Waals surface area contributed by atoms with Gasteiger partial charge in [-0.3, -0.25) is 14.9 Å². The second-order valence-corrected chi connectivity index (χ2v) is 2.74. The van der Waals surface area contributed by atoms with Gasteiger partial charge in [-0.2, -0.15) is 5.26 Å². The topological polar surface area (TPSA) is 135 Å². The SMILES string of the molecule is N#Cc1ccnc(NCC(N)=O)c1[N+](=O)[O-]. The van der Waals surface area contributed by atoms with Crippen molar-refractivity contribution in [2.45, 2.75) is 0 Å². The molecule has 0 unspecified atom stereocenters. The number of nitrogens with zero attached hydrogens (tertiary/aromatic N) is 3. The molecule has 3 N–H and O–H groups in total. The summed E-state index contributed by atoms with van der Waals surface area (Å²) >= 11 is 0. The summed E-state index contributed by atoms with van der Waals surface area (Å²) < 4.78 is 0. The minimum Gasteiger partial charge on any atom is -0.368 e. The Morgan fingerprint density at radius 3 is 2.94 bits per heavy atom. The van der Waals surface area contributed by atoms with Gasteiger partial charge < -0.3 is 11.1 Å². The van der Waals surface area contributed by atoms with Crippen LogP contribution in [0, 0.1) is 21.4 Å². The van der Waals surface area contributed by atoms with Crippen LogP contribution in [-0.2, 0) is 4.79 Å². The number of amides is 1. The average Bonchev–Trinajstić information content (AvgIpc) is 2.25. The predicted octanol–water partition coefficient (Wildman–Crippen LogP) is -0.241. The van der Waals surface area contributed by atoms with E-state index in [0.29, 0.717) is 0 Å². The van der Waals surface area contributed by atoms with Crippen LogP contribution < -0.4 is 11.1 Å². The number of pyridine rings is 1. The first-order valence-corrected chi connectivity index (χ1v) is 4.12. The van der Waals surface area contributed by atoms with Crippen LogP contribution >= 0.6 is 0 Å². The summed E-state index contributed by atoms with van der Waals surface area (Å²) in [6, 6.07) is 2.88. The lowest BCUT2D eigenvalue weighted by molar-refractivity contribution is -0.384. The number of hydrogen-bond acceptors (Lipinski definition) is 6. The van der Waals surface area contributed by atoms with E-state index in [1.165, 1.54) is 12.3 Å². The minimum absolute atomic E-state index is 0.132. The van der Waals surface area contributed by atoms with E-state index in [2.05, 4.69) is 10.3 Å². The summed E-state index contributed by atoms with van der Waals surface area (Å²) in [6.45, 7) is -0.289. The maximum Gasteiger partial charge on any atom is 0.328 e. The average molecular weight is 221 g/mol. The number of primary amides is 1. The summed E-state index contributed by atoms with van der Waals surface area (Å²) in [5, 5.41) is 21.8. The summed E-state index contributed by atoms with van der Waals surface area (Å²) in [7, 11) is 0. The molecule has 0 atom stereocenters. The van der Waals surface area contributed by atoms with Crippen molar-refractivity contribution in [1.29, 1.82) is 5.26 Å². The zero-order valence-corrected chi connectivity index (χ0v) is 8.01. The van der Waals surface area contributed by atoms with Gasteiger partial charge in [0.15, 0.2) is 0 Å². The molecule has 0 saturated carbocycles. The molecular formula is C8H7N5O3. The highest BCUT2D eigenvalue weighted by Gasteiger charge is 2.20. The molecule has 0 bridgehead atoms. The van der Waals surface area contributed by atoms with Crippen molar-refractivity contribution in [3.63, 3.8) is 0 Å². The van der Waals surface area contributed by atoms with E-state index in [-0.39, 0.29) is 17.9 Å².